The molecule has 2 rings (SSSR count). The fourth-order valence-corrected chi connectivity index (χ4v) is 3.04. The number of carbonyl (C=O) groups excluding carboxylic acids is 1. The number of likely N-dealkylation sites (tertiary alicyclic amines) is 1. The summed E-state index contributed by atoms with van der Waals surface area (Å²) in [5.74, 6) is -1.63. The zero-order valence-corrected chi connectivity index (χ0v) is 14.6. The third-order valence-corrected chi connectivity index (χ3v) is 5.16. The third-order valence-electron chi connectivity index (χ3n) is 3.73. The fraction of sp³-hybridized carbons (Fsp3) is 0.333. The molecule has 1 aromatic carbocycles. The molecule has 1 atom stereocenters. The highest BCUT2D eigenvalue weighted by molar-refractivity contribution is 7.89. The lowest BCUT2D eigenvalue weighted by Crippen LogP contribution is -2.28. The molecule has 0 aliphatic carbocycles. The van der Waals surface area contributed by atoms with Gasteiger partial charge in [0.15, 0.2) is 0 Å². The van der Waals surface area contributed by atoms with Crippen LogP contribution in [-0.4, -0.2) is 50.4 Å². The normalized spacial score (nSPS) is 17.7. The number of aliphatic carboxylic acids is 1. The standard InChI is InChI=1S/C15H18N2O5S.ClH/c1-16-23(21,22)13-5-2-11(3-6-13)4-7-14(18)17-9-8-12(10-17)15(19)20;/h2-7,12,16H,8-10H2,1H3,(H,19,20);1H. The summed E-state index contributed by atoms with van der Waals surface area (Å²) in [6.07, 6.45) is 3.41. The van der Waals surface area contributed by atoms with Gasteiger partial charge in [0.1, 0.15) is 0 Å². The summed E-state index contributed by atoms with van der Waals surface area (Å²) in [5.41, 5.74) is 0.683. The first-order valence-corrected chi connectivity index (χ1v) is 8.55. The molecular formula is C15H19ClN2O5S. The molecule has 0 saturated carbocycles. The van der Waals surface area contributed by atoms with Crippen LogP contribution in [0, 0.1) is 5.92 Å². The Bertz CT molecular complexity index is 731. The van der Waals surface area contributed by atoms with E-state index in [0.29, 0.717) is 18.5 Å². The zero-order valence-electron chi connectivity index (χ0n) is 13.0. The molecule has 1 fully saturated rings. The van der Waals surface area contributed by atoms with Crippen LogP contribution in [0.1, 0.15) is 12.0 Å². The van der Waals surface area contributed by atoms with Crippen molar-refractivity contribution in [3.05, 3.63) is 35.9 Å². The van der Waals surface area contributed by atoms with E-state index in [2.05, 4.69) is 4.72 Å². The second-order valence-corrected chi connectivity index (χ2v) is 7.10. The Hall–Kier alpha value is -1.90. The molecule has 1 amide bonds. The van der Waals surface area contributed by atoms with Crippen LogP contribution in [0.5, 0.6) is 0 Å². The molecule has 7 nitrogen and oxygen atoms in total. The van der Waals surface area contributed by atoms with Gasteiger partial charge >= 0.3 is 5.97 Å². The number of benzene rings is 1. The number of nitrogens with one attached hydrogen (secondary N) is 1. The summed E-state index contributed by atoms with van der Waals surface area (Å²) in [6.45, 7) is 0.650. The van der Waals surface area contributed by atoms with Crippen LogP contribution in [0.2, 0.25) is 0 Å². The molecular weight excluding hydrogens is 356 g/mol. The van der Waals surface area contributed by atoms with Gasteiger partial charge in [0, 0.05) is 19.2 Å². The number of hydrogen-bond acceptors (Lipinski definition) is 4. The molecule has 1 aromatic rings. The largest absolute Gasteiger partial charge is 0.481 e. The summed E-state index contributed by atoms with van der Waals surface area (Å²) in [4.78, 5) is 24.5. The molecule has 1 unspecified atom stereocenters. The van der Waals surface area contributed by atoms with Gasteiger partial charge in [-0.2, -0.15) is 0 Å². The average Bonchev–Trinajstić information content (AvgIpc) is 3.03. The van der Waals surface area contributed by atoms with Crippen LogP contribution in [0.4, 0.5) is 0 Å². The van der Waals surface area contributed by atoms with Crippen LogP contribution in [0.3, 0.4) is 0 Å². The third kappa shape index (κ3) is 4.80. The molecule has 9 heteroatoms. The Morgan fingerprint density at radius 3 is 2.42 bits per heavy atom. The van der Waals surface area contributed by atoms with Crippen molar-refractivity contribution >= 4 is 40.4 Å². The van der Waals surface area contributed by atoms with Crippen molar-refractivity contribution in [1.29, 1.82) is 0 Å². The Kier molecular flexibility index (Phi) is 6.94. The molecule has 2 N–H and O–H groups in total. The molecule has 0 bridgehead atoms. The molecule has 1 heterocycles. The van der Waals surface area contributed by atoms with E-state index in [1.165, 1.54) is 30.2 Å². The lowest BCUT2D eigenvalue weighted by Gasteiger charge is -2.12. The molecule has 1 aliphatic rings. The summed E-state index contributed by atoms with van der Waals surface area (Å²) in [5, 5.41) is 8.92. The first kappa shape index (κ1) is 20.1. The summed E-state index contributed by atoms with van der Waals surface area (Å²) < 4.78 is 25.4. The predicted octanol–water partition coefficient (Wildman–Crippen LogP) is 0.963. The number of hydrogen-bond donors (Lipinski definition) is 2. The van der Waals surface area contributed by atoms with Crippen molar-refractivity contribution in [2.24, 2.45) is 5.92 Å². The number of halogens is 1. The minimum atomic E-state index is -3.48. The summed E-state index contributed by atoms with van der Waals surface area (Å²) in [7, 11) is -2.14. The Labute approximate surface area is 146 Å². The van der Waals surface area contributed by atoms with Crippen LogP contribution >= 0.6 is 12.4 Å². The lowest BCUT2D eigenvalue weighted by molar-refractivity contribution is -0.141. The zero-order chi connectivity index (χ0) is 17.0. The number of amides is 1. The Morgan fingerprint density at radius 2 is 1.92 bits per heavy atom. The monoisotopic (exact) mass is 374 g/mol. The Morgan fingerprint density at radius 1 is 1.29 bits per heavy atom. The quantitative estimate of drug-likeness (QED) is 0.747. The highest BCUT2D eigenvalue weighted by atomic mass is 35.5. The van der Waals surface area contributed by atoms with Gasteiger partial charge in [-0.1, -0.05) is 12.1 Å². The molecule has 1 aliphatic heterocycles. The highest BCUT2D eigenvalue weighted by Crippen LogP contribution is 2.17. The van der Waals surface area contributed by atoms with E-state index in [-0.39, 0.29) is 29.8 Å². The maximum atomic E-state index is 12.0. The maximum absolute atomic E-state index is 12.0. The van der Waals surface area contributed by atoms with Crippen molar-refractivity contribution in [3.8, 4) is 0 Å². The van der Waals surface area contributed by atoms with E-state index >= 15 is 0 Å². The van der Waals surface area contributed by atoms with Crippen LogP contribution in [0.25, 0.3) is 6.08 Å². The van der Waals surface area contributed by atoms with Gasteiger partial charge in [-0.25, -0.2) is 13.1 Å². The summed E-state index contributed by atoms with van der Waals surface area (Å²) >= 11 is 0. The van der Waals surface area contributed by atoms with E-state index < -0.39 is 21.9 Å². The van der Waals surface area contributed by atoms with Gasteiger partial charge in [-0.15, -0.1) is 12.4 Å². The van der Waals surface area contributed by atoms with Crippen molar-refractivity contribution in [1.82, 2.24) is 9.62 Å². The second-order valence-electron chi connectivity index (χ2n) is 5.22. The maximum Gasteiger partial charge on any atom is 0.308 e. The van der Waals surface area contributed by atoms with Crippen molar-refractivity contribution in [3.63, 3.8) is 0 Å². The molecule has 0 radical (unpaired) electrons. The number of carbonyl (C=O) groups is 2. The predicted molar refractivity (Wildman–Crippen MR) is 91.3 cm³/mol. The van der Waals surface area contributed by atoms with Crippen LogP contribution < -0.4 is 4.72 Å². The van der Waals surface area contributed by atoms with Gasteiger partial charge in [0.2, 0.25) is 15.9 Å². The molecule has 24 heavy (non-hydrogen) atoms. The van der Waals surface area contributed by atoms with E-state index in [1.54, 1.807) is 18.2 Å². The smallest absolute Gasteiger partial charge is 0.308 e. The number of nitrogens with zero attached hydrogens (tertiary/aromatic N) is 1. The van der Waals surface area contributed by atoms with Crippen molar-refractivity contribution in [2.75, 3.05) is 20.1 Å². The minimum Gasteiger partial charge on any atom is -0.481 e. The van der Waals surface area contributed by atoms with E-state index in [1.807, 2.05) is 0 Å². The highest BCUT2D eigenvalue weighted by Gasteiger charge is 2.29. The van der Waals surface area contributed by atoms with Gasteiger partial charge in [0.05, 0.1) is 10.8 Å². The molecule has 0 spiro atoms. The van der Waals surface area contributed by atoms with Crippen molar-refractivity contribution in [2.45, 2.75) is 11.3 Å². The number of carboxylic acids is 1. The van der Waals surface area contributed by atoms with Gasteiger partial charge in [-0.05, 0) is 37.2 Å². The molecule has 0 aromatic heterocycles. The van der Waals surface area contributed by atoms with Crippen LogP contribution in [0.15, 0.2) is 35.2 Å². The first-order valence-electron chi connectivity index (χ1n) is 7.07. The number of carboxylic acid groups (broad SMARTS) is 1. The van der Waals surface area contributed by atoms with Gasteiger partial charge in [0.25, 0.3) is 0 Å². The average molecular weight is 375 g/mol. The van der Waals surface area contributed by atoms with Crippen LogP contribution in [-0.2, 0) is 19.6 Å². The molecule has 1 saturated heterocycles. The Balaban J connectivity index is 0.00000288. The van der Waals surface area contributed by atoms with E-state index in [4.69, 9.17) is 5.11 Å². The number of sulfonamides is 1. The van der Waals surface area contributed by atoms with Gasteiger partial charge in [-0.3, -0.25) is 9.59 Å². The van der Waals surface area contributed by atoms with Gasteiger partial charge < -0.3 is 10.0 Å². The minimum absolute atomic E-state index is 0. The SMILES string of the molecule is CNS(=O)(=O)c1ccc(C=CC(=O)N2CCC(C(=O)O)C2)cc1.Cl. The first-order chi connectivity index (χ1) is 10.8. The van der Waals surface area contributed by atoms with Crippen molar-refractivity contribution < 1.29 is 23.1 Å². The van der Waals surface area contributed by atoms with E-state index in [9.17, 15) is 18.0 Å². The lowest BCUT2D eigenvalue weighted by atomic mass is 10.1. The molecule has 132 valence electrons. The number of rotatable bonds is 5. The second kappa shape index (κ2) is 8.27. The summed E-state index contributed by atoms with van der Waals surface area (Å²) in [6, 6.07) is 6.09. The topological polar surface area (TPSA) is 104 Å². The fourth-order valence-electron chi connectivity index (χ4n) is 2.31. The van der Waals surface area contributed by atoms with E-state index in [0.717, 1.165) is 0 Å².